The molecule has 1 N–H and O–H groups in total. The monoisotopic (exact) mass is 341 g/mol. The van der Waals surface area contributed by atoms with Gasteiger partial charge in [-0.25, -0.2) is 0 Å². The summed E-state index contributed by atoms with van der Waals surface area (Å²) in [6.45, 7) is 10.7. The van der Waals surface area contributed by atoms with Crippen molar-refractivity contribution in [3.8, 4) is 5.75 Å². The van der Waals surface area contributed by atoms with E-state index < -0.39 is 0 Å². The second kappa shape index (κ2) is 9.41. The van der Waals surface area contributed by atoms with Crippen LogP contribution in [-0.4, -0.2) is 13.2 Å². The van der Waals surface area contributed by atoms with Crippen LogP contribution in [0.4, 0.5) is 0 Å². The van der Waals surface area contributed by atoms with Gasteiger partial charge in [-0.15, -0.1) is 0 Å². The number of nitrogens with one attached hydrogen (secondary N) is 1. The summed E-state index contributed by atoms with van der Waals surface area (Å²) in [5.74, 6) is 1.60. The predicted octanol–water partition coefficient (Wildman–Crippen LogP) is 5.32. The first kappa shape index (κ1) is 17.5. The summed E-state index contributed by atoms with van der Waals surface area (Å²) in [5.41, 5.74) is 1.24. The van der Waals surface area contributed by atoms with E-state index in [0.29, 0.717) is 12.0 Å². The number of halogens is 1. The molecule has 0 spiro atoms. The molecule has 0 aromatic heterocycles. The van der Waals surface area contributed by atoms with Gasteiger partial charge < -0.3 is 10.1 Å². The Morgan fingerprint density at radius 2 is 1.95 bits per heavy atom. The van der Waals surface area contributed by atoms with Crippen LogP contribution in [0.2, 0.25) is 0 Å². The van der Waals surface area contributed by atoms with Crippen LogP contribution in [0.3, 0.4) is 0 Å². The molecule has 2 atom stereocenters. The van der Waals surface area contributed by atoms with Crippen molar-refractivity contribution in [2.45, 2.75) is 53.0 Å². The molecule has 0 aliphatic carbocycles. The first-order valence-electron chi connectivity index (χ1n) is 7.74. The van der Waals surface area contributed by atoms with Crippen LogP contribution in [0.25, 0.3) is 0 Å². The lowest BCUT2D eigenvalue weighted by Crippen LogP contribution is -2.20. The lowest BCUT2D eigenvalue weighted by Gasteiger charge is -2.20. The molecule has 114 valence electrons. The normalized spacial score (nSPS) is 14.1. The van der Waals surface area contributed by atoms with Gasteiger partial charge in [0.2, 0.25) is 0 Å². The second-order valence-corrected chi connectivity index (χ2v) is 6.48. The fraction of sp³-hybridized carbons (Fsp3) is 0.647. The lowest BCUT2D eigenvalue weighted by molar-refractivity contribution is 0.247. The smallest absolute Gasteiger partial charge is 0.125 e. The van der Waals surface area contributed by atoms with Crippen LogP contribution in [0.1, 0.15) is 58.6 Å². The maximum atomic E-state index is 6.06. The topological polar surface area (TPSA) is 21.3 Å². The number of hydrogen-bond acceptors (Lipinski definition) is 2. The zero-order valence-electron chi connectivity index (χ0n) is 13.2. The number of rotatable bonds is 9. The Bertz CT molecular complexity index is 395. The van der Waals surface area contributed by atoms with Crippen LogP contribution in [0.5, 0.6) is 5.75 Å². The van der Waals surface area contributed by atoms with Crippen LogP contribution < -0.4 is 10.1 Å². The first-order chi connectivity index (χ1) is 9.58. The molecule has 0 bridgehead atoms. The Hall–Kier alpha value is -0.540. The van der Waals surface area contributed by atoms with Gasteiger partial charge in [-0.05, 0) is 44.4 Å². The molecule has 2 unspecified atom stereocenters. The van der Waals surface area contributed by atoms with Gasteiger partial charge in [-0.2, -0.15) is 0 Å². The maximum absolute atomic E-state index is 6.06. The molecule has 1 aromatic carbocycles. The molecular formula is C17H28BrNO. The van der Waals surface area contributed by atoms with Gasteiger partial charge in [0, 0.05) is 16.1 Å². The summed E-state index contributed by atoms with van der Waals surface area (Å²) in [7, 11) is 0. The summed E-state index contributed by atoms with van der Waals surface area (Å²) in [6.07, 6.45) is 3.57. The summed E-state index contributed by atoms with van der Waals surface area (Å²) < 4.78 is 7.13. The Morgan fingerprint density at radius 3 is 2.60 bits per heavy atom. The van der Waals surface area contributed by atoms with Gasteiger partial charge in [0.1, 0.15) is 5.75 Å². The average Bonchev–Trinajstić information content (AvgIpc) is 2.43. The molecule has 0 radical (unpaired) electrons. The molecule has 0 heterocycles. The van der Waals surface area contributed by atoms with E-state index >= 15 is 0 Å². The summed E-state index contributed by atoms with van der Waals surface area (Å²) in [5, 5.41) is 3.53. The van der Waals surface area contributed by atoms with Crippen molar-refractivity contribution in [1.29, 1.82) is 0 Å². The molecule has 0 aliphatic rings. The predicted molar refractivity (Wildman–Crippen MR) is 90.4 cm³/mol. The second-order valence-electron chi connectivity index (χ2n) is 5.56. The molecule has 1 aromatic rings. The molecule has 0 aliphatic heterocycles. The highest BCUT2D eigenvalue weighted by Crippen LogP contribution is 2.29. The number of benzene rings is 1. The fourth-order valence-corrected chi connectivity index (χ4v) is 2.61. The van der Waals surface area contributed by atoms with Crippen molar-refractivity contribution >= 4 is 15.9 Å². The third kappa shape index (κ3) is 5.84. The van der Waals surface area contributed by atoms with Crippen molar-refractivity contribution in [2.24, 2.45) is 5.92 Å². The number of ether oxygens (including phenoxy) is 1. The highest BCUT2D eigenvalue weighted by Gasteiger charge is 2.12. The zero-order valence-corrected chi connectivity index (χ0v) is 14.8. The van der Waals surface area contributed by atoms with Gasteiger partial charge >= 0.3 is 0 Å². The third-order valence-electron chi connectivity index (χ3n) is 3.45. The van der Waals surface area contributed by atoms with E-state index in [4.69, 9.17) is 4.74 Å². The minimum Gasteiger partial charge on any atom is -0.493 e. The van der Waals surface area contributed by atoms with Crippen LogP contribution in [-0.2, 0) is 0 Å². The third-order valence-corrected chi connectivity index (χ3v) is 3.94. The SMILES string of the molecule is CCCNC(C)c1ccc(Br)cc1OCC(C)CCC. The zero-order chi connectivity index (χ0) is 15.0. The Balaban J connectivity index is 2.74. The molecule has 20 heavy (non-hydrogen) atoms. The van der Waals surface area contributed by atoms with Crippen LogP contribution in [0, 0.1) is 5.92 Å². The van der Waals surface area contributed by atoms with Crippen molar-refractivity contribution in [3.05, 3.63) is 28.2 Å². The highest BCUT2D eigenvalue weighted by atomic mass is 79.9. The van der Waals surface area contributed by atoms with Gasteiger partial charge in [0.25, 0.3) is 0 Å². The molecule has 2 nitrogen and oxygen atoms in total. The van der Waals surface area contributed by atoms with Crippen molar-refractivity contribution in [3.63, 3.8) is 0 Å². The molecule has 0 amide bonds. The van der Waals surface area contributed by atoms with Crippen molar-refractivity contribution in [2.75, 3.05) is 13.2 Å². The van der Waals surface area contributed by atoms with Gasteiger partial charge in [0.15, 0.2) is 0 Å². The van der Waals surface area contributed by atoms with Crippen molar-refractivity contribution < 1.29 is 4.74 Å². The van der Waals surface area contributed by atoms with E-state index in [2.05, 4.69) is 67.1 Å². The molecule has 0 saturated heterocycles. The Kier molecular flexibility index (Phi) is 8.24. The van der Waals surface area contributed by atoms with Crippen LogP contribution >= 0.6 is 15.9 Å². The van der Waals surface area contributed by atoms with Gasteiger partial charge in [-0.3, -0.25) is 0 Å². The largest absolute Gasteiger partial charge is 0.493 e. The Morgan fingerprint density at radius 1 is 1.20 bits per heavy atom. The van der Waals surface area contributed by atoms with E-state index in [-0.39, 0.29) is 0 Å². The summed E-state index contributed by atoms with van der Waals surface area (Å²) >= 11 is 3.54. The minimum absolute atomic E-state index is 0.319. The van der Waals surface area contributed by atoms with Gasteiger partial charge in [-0.1, -0.05) is 49.2 Å². The number of hydrogen-bond donors (Lipinski definition) is 1. The molecule has 3 heteroatoms. The first-order valence-corrected chi connectivity index (χ1v) is 8.53. The van der Waals surface area contributed by atoms with E-state index in [1.54, 1.807) is 0 Å². The Labute approximate surface area is 132 Å². The van der Waals surface area contributed by atoms with Crippen molar-refractivity contribution in [1.82, 2.24) is 5.32 Å². The summed E-state index contributed by atoms with van der Waals surface area (Å²) in [6, 6.07) is 6.64. The minimum atomic E-state index is 0.319. The van der Waals surface area contributed by atoms with E-state index in [1.807, 2.05) is 0 Å². The molecule has 0 saturated carbocycles. The average molecular weight is 342 g/mol. The lowest BCUT2D eigenvalue weighted by atomic mass is 10.1. The highest BCUT2D eigenvalue weighted by molar-refractivity contribution is 9.10. The molecule has 1 rings (SSSR count). The van der Waals surface area contributed by atoms with Crippen LogP contribution in [0.15, 0.2) is 22.7 Å². The maximum Gasteiger partial charge on any atom is 0.125 e. The molecular weight excluding hydrogens is 314 g/mol. The standard InChI is InChI=1S/C17H28BrNO/c1-5-7-13(3)12-20-17-11-15(18)8-9-16(17)14(4)19-10-6-2/h8-9,11,13-14,19H,5-7,10,12H2,1-4H3. The molecule has 0 fully saturated rings. The fourth-order valence-electron chi connectivity index (χ4n) is 2.27. The van der Waals surface area contributed by atoms with Gasteiger partial charge in [0.05, 0.1) is 6.61 Å². The summed E-state index contributed by atoms with van der Waals surface area (Å²) in [4.78, 5) is 0. The van der Waals surface area contributed by atoms with E-state index in [1.165, 1.54) is 18.4 Å². The van der Waals surface area contributed by atoms with E-state index in [9.17, 15) is 0 Å². The van der Waals surface area contributed by atoms with E-state index in [0.717, 1.165) is 29.8 Å². The quantitative estimate of drug-likeness (QED) is 0.655.